The highest BCUT2D eigenvalue weighted by Crippen LogP contribution is 2.31. The predicted octanol–water partition coefficient (Wildman–Crippen LogP) is 4.97. The van der Waals surface area contributed by atoms with Crippen molar-refractivity contribution in [3.63, 3.8) is 0 Å². The zero-order chi connectivity index (χ0) is 11.7. The molecule has 1 aromatic heterocycles. The SMILES string of the molecule is Cc1cc(I)cnc1-c1ccc(Cl)cc1Cl. The Morgan fingerprint density at radius 3 is 2.56 bits per heavy atom. The molecule has 1 heterocycles. The first kappa shape index (κ1) is 12.1. The minimum atomic E-state index is 0.629. The van der Waals surface area contributed by atoms with Crippen LogP contribution in [0, 0.1) is 10.5 Å². The molecule has 0 unspecified atom stereocenters. The molecule has 2 aromatic rings. The third kappa shape index (κ3) is 2.50. The van der Waals surface area contributed by atoms with Gasteiger partial charge in [0.25, 0.3) is 0 Å². The Hall–Kier alpha value is -0.320. The summed E-state index contributed by atoms with van der Waals surface area (Å²) < 4.78 is 1.11. The van der Waals surface area contributed by atoms with E-state index in [1.54, 1.807) is 6.07 Å². The summed E-state index contributed by atoms with van der Waals surface area (Å²) in [7, 11) is 0. The standard InChI is InChI=1S/C12H8Cl2IN/c1-7-4-9(15)6-16-12(7)10-3-2-8(13)5-11(10)14/h2-6H,1H3. The van der Waals surface area contributed by atoms with E-state index < -0.39 is 0 Å². The summed E-state index contributed by atoms with van der Waals surface area (Å²) >= 11 is 14.3. The van der Waals surface area contributed by atoms with E-state index in [1.165, 1.54) is 0 Å². The molecule has 0 amide bonds. The maximum Gasteiger partial charge on any atom is 0.0746 e. The monoisotopic (exact) mass is 363 g/mol. The summed E-state index contributed by atoms with van der Waals surface area (Å²) in [5, 5.41) is 1.27. The average Bonchev–Trinajstić information content (AvgIpc) is 2.19. The molecule has 0 saturated carbocycles. The molecule has 0 aliphatic rings. The zero-order valence-corrected chi connectivity index (χ0v) is 12.1. The fourth-order valence-electron chi connectivity index (χ4n) is 1.50. The second-order valence-corrected chi connectivity index (χ2v) is 5.53. The molecule has 0 spiro atoms. The van der Waals surface area contributed by atoms with E-state index in [0.717, 1.165) is 20.4 Å². The van der Waals surface area contributed by atoms with Crippen molar-refractivity contribution in [2.75, 3.05) is 0 Å². The van der Waals surface area contributed by atoms with E-state index in [0.29, 0.717) is 10.0 Å². The normalized spacial score (nSPS) is 10.5. The topological polar surface area (TPSA) is 12.9 Å². The van der Waals surface area contributed by atoms with Crippen LogP contribution in [0.1, 0.15) is 5.56 Å². The van der Waals surface area contributed by atoms with Gasteiger partial charge in [-0.2, -0.15) is 0 Å². The first-order chi connectivity index (χ1) is 7.58. The van der Waals surface area contributed by atoms with Crippen molar-refractivity contribution in [3.05, 3.63) is 49.6 Å². The fourth-order valence-corrected chi connectivity index (χ4v) is 2.61. The first-order valence-electron chi connectivity index (χ1n) is 4.65. The summed E-state index contributed by atoms with van der Waals surface area (Å²) in [5.41, 5.74) is 2.93. The summed E-state index contributed by atoms with van der Waals surface area (Å²) in [5.74, 6) is 0. The van der Waals surface area contributed by atoms with Crippen LogP contribution < -0.4 is 0 Å². The molecule has 0 aliphatic carbocycles. The average molecular weight is 364 g/mol. The molecule has 4 heteroatoms. The van der Waals surface area contributed by atoms with Crippen LogP contribution in [0.2, 0.25) is 10.0 Å². The van der Waals surface area contributed by atoms with Crippen LogP contribution >= 0.6 is 45.8 Å². The second kappa shape index (κ2) is 4.90. The van der Waals surface area contributed by atoms with Gasteiger partial charge in [0.1, 0.15) is 0 Å². The van der Waals surface area contributed by atoms with Gasteiger partial charge in [-0.1, -0.05) is 23.2 Å². The van der Waals surface area contributed by atoms with Gasteiger partial charge in [-0.05, 0) is 59.3 Å². The van der Waals surface area contributed by atoms with E-state index >= 15 is 0 Å². The van der Waals surface area contributed by atoms with Gasteiger partial charge in [-0.3, -0.25) is 4.98 Å². The number of rotatable bonds is 1. The van der Waals surface area contributed by atoms with Gasteiger partial charge in [0, 0.05) is 20.4 Å². The molecule has 0 bridgehead atoms. The summed E-state index contributed by atoms with van der Waals surface area (Å²) in [4.78, 5) is 4.40. The number of aromatic nitrogens is 1. The lowest BCUT2D eigenvalue weighted by molar-refractivity contribution is 1.25. The van der Waals surface area contributed by atoms with Crippen molar-refractivity contribution in [1.29, 1.82) is 0 Å². The number of nitrogens with zero attached hydrogens (tertiary/aromatic N) is 1. The van der Waals surface area contributed by atoms with E-state index in [4.69, 9.17) is 23.2 Å². The Labute approximate surface area is 118 Å². The van der Waals surface area contributed by atoms with Crippen molar-refractivity contribution in [1.82, 2.24) is 4.98 Å². The molecule has 0 saturated heterocycles. The van der Waals surface area contributed by atoms with Crippen LogP contribution in [0.3, 0.4) is 0 Å². The lowest BCUT2D eigenvalue weighted by atomic mass is 10.1. The summed E-state index contributed by atoms with van der Waals surface area (Å²) in [6.07, 6.45) is 1.83. The summed E-state index contributed by atoms with van der Waals surface area (Å²) in [6.45, 7) is 2.02. The first-order valence-corrected chi connectivity index (χ1v) is 6.49. The van der Waals surface area contributed by atoms with Crippen molar-refractivity contribution < 1.29 is 0 Å². The van der Waals surface area contributed by atoms with E-state index in [9.17, 15) is 0 Å². The Bertz CT molecular complexity index is 491. The molecule has 0 N–H and O–H groups in total. The van der Waals surface area contributed by atoms with E-state index in [-0.39, 0.29) is 0 Å². The highest BCUT2D eigenvalue weighted by molar-refractivity contribution is 14.1. The Morgan fingerprint density at radius 1 is 1.19 bits per heavy atom. The Morgan fingerprint density at radius 2 is 1.94 bits per heavy atom. The zero-order valence-electron chi connectivity index (χ0n) is 8.47. The van der Waals surface area contributed by atoms with E-state index in [2.05, 4.69) is 33.6 Å². The molecule has 0 fully saturated rings. The molecule has 0 radical (unpaired) electrons. The molecule has 82 valence electrons. The van der Waals surface area contributed by atoms with Crippen LogP contribution in [0.25, 0.3) is 11.3 Å². The minimum Gasteiger partial charge on any atom is -0.255 e. The second-order valence-electron chi connectivity index (χ2n) is 3.44. The van der Waals surface area contributed by atoms with Crippen LogP contribution in [-0.2, 0) is 0 Å². The van der Waals surface area contributed by atoms with Crippen molar-refractivity contribution in [3.8, 4) is 11.3 Å². The number of halogens is 3. The van der Waals surface area contributed by atoms with Gasteiger partial charge in [0.05, 0.1) is 10.7 Å². The fraction of sp³-hybridized carbons (Fsp3) is 0.0833. The third-order valence-electron chi connectivity index (χ3n) is 2.23. The number of pyridine rings is 1. The number of hydrogen-bond donors (Lipinski definition) is 0. The molecule has 16 heavy (non-hydrogen) atoms. The molecule has 0 aliphatic heterocycles. The Balaban J connectivity index is 2.59. The maximum atomic E-state index is 6.15. The highest BCUT2D eigenvalue weighted by atomic mass is 127. The van der Waals surface area contributed by atoms with Gasteiger partial charge >= 0.3 is 0 Å². The lowest BCUT2D eigenvalue weighted by Crippen LogP contribution is -1.90. The van der Waals surface area contributed by atoms with Crippen molar-refractivity contribution in [2.24, 2.45) is 0 Å². The van der Waals surface area contributed by atoms with Crippen molar-refractivity contribution in [2.45, 2.75) is 6.92 Å². The number of aryl methyl sites for hydroxylation is 1. The smallest absolute Gasteiger partial charge is 0.0746 e. The molecule has 1 nitrogen and oxygen atoms in total. The number of hydrogen-bond acceptors (Lipinski definition) is 1. The molecule has 0 atom stereocenters. The lowest BCUT2D eigenvalue weighted by Gasteiger charge is -2.07. The van der Waals surface area contributed by atoms with Gasteiger partial charge in [0.15, 0.2) is 0 Å². The van der Waals surface area contributed by atoms with E-state index in [1.807, 2.05) is 25.3 Å². The maximum absolute atomic E-state index is 6.15. The molecule has 2 rings (SSSR count). The molecular formula is C12H8Cl2IN. The van der Waals surface area contributed by atoms with Crippen LogP contribution in [0.4, 0.5) is 0 Å². The minimum absolute atomic E-state index is 0.629. The summed E-state index contributed by atoms with van der Waals surface area (Å²) in [6, 6.07) is 7.53. The van der Waals surface area contributed by atoms with Crippen molar-refractivity contribution >= 4 is 45.8 Å². The predicted molar refractivity (Wildman–Crippen MR) is 77.1 cm³/mol. The third-order valence-corrected chi connectivity index (χ3v) is 3.37. The quantitative estimate of drug-likeness (QED) is 0.652. The van der Waals surface area contributed by atoms with Crippen LogP contribution in [0.5, 0.6) is 0 Å². The molecular weight excluding hydrogens is 356 g/mol. The van der Waals surface area contributed by atoms with Gasteiger partial charge in [0.2, 0.25) is 0 Å². The van der Waals surface area contributed by atoms with Gasteiger partial charge in [-0.25, -0.2) is 0 Å². The van der Waals surface area contributed by atoms with Gasteiger partial charge in [-0.15, -0.1) is 0 Å². The number of benzene rings is 1. The van der Waals surface area contributed by atoms with Crippen LogP contribution in [0.15, 0.2) is 30.5 Å². The molecule has 1 aromatic carbocycles. The Kier molecular flexibility index (Phi) is 3.72. The largest absolute Gasteiger partial charge is 0.255 e. The van der Waals surface area contributed by atoms with Gasteiger partial charge < -0.3 is 0 Å². The van der Waals surface area contributed by atoms with Crippen LogP contribution in [-0.4, -0.2) is 4.98 Å². The highest BCUT2D eigenvalue weighted by Gasteiger charge is 2.08.